The number of ether oxygens (including phenoxy) is 1. The Labute approximate surface area is 192 Å². The highest BCUT2D eigenvalue weighted by molar-refractivity contribution is 6.24. The molecule has 5 heteroatoms. The number of amides is 2. The zero-order chi connectivity index (χ0) is 22.9. The Morgan fingerprint density at radius 3 is 1.73 bits per heavy atom. The second kappa shape index (κ2) is 7.14. The molecule has 164 valence electrons. The molecule has 1 saturated heterocycles. The Kier molecular flexibility index (Phi) is 4.31. The van der Waals surface area contributed by atoms with E-state index in [1.54, 1.807) is 18.2 Å². The van der Waals surface area contributed by atoms with Gasteiger partial charge in [0.2, 0.25) is 11.8 Å². The third-order valence-corrected chi connectivity index (χ3v) is 7.35. The van der Waals surface area contributed by atoms with Gasteiger partial charge in [-0.05, 0) is 54.3 Å². The first-order valence-electron chi connectivity index (χ1n) is 11.4. The van der Waals surface area contributed by atoms with Gasteiger partial charge in [0.05, 0.1) is 24.1 Å². The van der Waals surface area contributed by atoms with Gasteiger partial charge in [-0.2, -0.15) is 0 Å². The molecular weight excluding hydrogens is 414 g/mol. The maximum atomic E-state index is 14.0. The molecule has 2 bridgehead atoms. The second-order valence-electron chi connectivity index (χ2n) is 8.95. The van der Waals surface area contributed by atoms with Gasteiger partial charge in [-0.25, -0.2) is 4.90 Å². The van der Waals surface area contributed by atoms with E-state index < -0.39 is 11.8 Å². The average Bonchev–Trinajstić information content (AvgIpc) is 3.10. The summed E-state index contributed by atoms with van der Waals surface area (Å²) < 4.78 is 5.77. The Morgan fingerprint density at radius 1 is 0.818 bits per heavy atom. The summed E-state index contributed by atoms with van der Waals surface area (Å²) >= 11 is 0. The van der Waals surface area contributed by atoms with Gasteiger partial charge in [-0.1, -0.05) is 48.5 Å². The Balaban J connectivity index is 1.54. The first kappa shape index (κ1) is 19.9. The number of nitrogens with zero attached hydrogens (tertiary/aromatic N) is 1. The van der Waals surface area contributed by atoms with Crippen molar-refractivity contribution in [3.63, 3.8) is 0 Å². The monoisotopic (exact) mass is 437 g/mol. The summed E-state index contributed by atoms with van der Waals surface area (Å²) in [5.74, 6) is -1.40. The van der Waals surface area contributed by atoms with E-state index in [9.17, 15) is 14.4 Å². The van der Waals surface area contributed by atoms with Gasteiger partial charge in [0, 0.05) is 17.4 Å². The normalized spacial score (nSPS) is 24.4. The van der Waals surface area contributed by atoms with Gasteiger partial charge in [0.25, 0.3) is 0 Å². The Bertz CT molecular complexity index is 1230. The Hall–Kier alpha value is -3.73. The highest BCUT2D eigenvalue weighted by Gasteiger charge is 2.62. The quantitative estimate of drug-likeness (QED) is 0.439. The molecule has 33 heavy (non-hydrogen) atoms. The maximum Gasteiger partial charge on any atom is 0.238 e. The summed E-state index contributed by atoms with van der Waals surface area (Å²) in [6.45, 7) is 3.71. The van der Waals surface area contributed by atoms with Crippen molar-refractivity contribution in [2.45, 2.75) is 25.7 Å². The molecule has 7 rings (SSSR count). The summed E-state index contributed by atoms with van der Waals surface area (Å²) in [6.07, 6.45) is 0. The van der Waals surface area contributed by atoms with Crippen LogP contribution in [0.3, 0.4) is 0 Å². The van der Waals surface area contributed by atoms with Gasteiger partial charge in [-0.3, -0.25) is 14.4 Å². The van der Waals surface area contributed by atoms with E-state index in [-0.39, 0.29) is 29.4 Å². The number of ketones is 1. The van der Waals surface area contributed by atoms with Crippen molar-refractivity contribution in [2.24, 2.45) is 11.8 Å². The fourth-order valence-electron chi connectivity index (χ4n) is 6.10. The summed E-state index contributed by atoms with van der Waals surface area (Å²) in [6, 6.07) is 21.3. The van der Waals surface area contributed by atoms with Crippen LogP contribution in [0.15, 0.2) is 66.7 Å². The van der Waals surface area contributed by atoms with Gasteiger partial charge in [0.1, 0.15) is 5.75 Å². The van der Waals surface area contributed by atoms with E-state index in [4.69, 9.17) is 4.74 Å². The summed E-state index contributed by atoms with van der Waals surface area (Å²) in [5, 5.41) is 0. The minimum Gasteiger partial charge on any atom is -0.492 e. The summed E-state index contributed by atoms with van der Waals surface area (Å²) in [7, 11) is 0. The molecular formula is C28H23NO4. The van der Waals surface area contributed by atoms with E-state index in [0.29, 0.717) is 23.6 Å². The fraction of sp³-hybridized carbons (Fsp3) is 0.250. The van der Waals surface area contributed by atoms with Crippen molar-refractivity contribution in [2.75, 3.05) is 11.5 Å². The van der Waals surface area contributed by atoms with Crippen LogP contribution in [0.2, 0.25) is 0 Å². The van der Waals surface area contributed by atoms with Crippen LogP contribution < -0.4 is 9.64 Å². The molecule has 0 saturated carbocycles. The van der Waals surface area contributed by atoms with Crippen LogP contribution in [0.5, 0.6) is 5.75 Å². The van der Waals surface area contributed by atoms with E-state index >= 15 is 0 Å². The molecule has 0 unspecified atom stereocenters. The molecule has 0 N–H and O–H groups in total. The Morgan fingerprint density at radius 2 is 1.30 bits per heavy atom. The van der Waals surface area contributed by atoms with Crippen LogP contribution in [0, 0.1) is 11.8 Å². The molecule has 3 aliphatic carbocycles. The lowest BCUT2D eigenvalue weighted by molar-refractivity contribution is -0.122. The van der Waals surface area contributed by atoms with Crippen LogP contribution in [0.1, 0.15) is 58.3 Å². The van der Waals surface area contributed by atoms with Crippen molar-refractivity contribution in [1.29, 1.82) is 0 Å². The third-order valence-electron chi connectivity index (χ3n) is 7.35. The lowest BCUT2D eigenvalue weighted by Gasteiger charge is -2.45. The predicted molar refractivity (Wildman–Crippen MR) is 124 cm³/mol. The zero-order valence-electron chi connectivity index (χ0n) is 18.4. The van der Waals surface area contributed by atoms with Gasteiger partial charge < -0.3 is 4.74 Å². The molecule has 3 aromatic carbocycles. The number of Topliss-reactive ketones (excluding diaryl/α,β-unsaturated/α-hetero) is 1. The van der Waals surface area contributed by atoms with Crippen LogP contribution in [-0.2, 0) is 9.59 Å². The minimum absolute atomic E-state index is 0.129. The molecule has 1 aliphatic heterocycles. The molecule has 1 fully saturated rings. The van der Waals surface area contributed by atoms with Gasteiger partial charge in [-0.15, -0.1) is 0 Å². The first-order chi connectivity index (χ1) is 16.0. The topological polar surface area (TPSA) is 63.7 Å². The van der Waals surface area contributed by atoms with E-state index in [1.807, 2.05) is 31.2 Å². The highest BCUT2D eigenvalue weighted by Crippen LogP contribution is 2.61. The van der Waals surface area contributed by atoms with Crippen molar-refractivity contribution < 1.29 is 19.1 Å². The number of carbonyl (C=O) groups excluding carboxylic acids is 3. The number of rotatable bonds is 4. The van der Waals surface area contributed by atoms with E-state index in [2.05, 4.69) is 24.3 Å². The van der Waals surface area contributed by atoms with Crippen LogP contribution in [0.4, 0.5) is 5.69 Å². The smallest absolute Gasteiger partial charge is 0.238 e. The summed E-state index contributed by atoms with van der Waals surface area (Å²) in [4.78, 5) is 41.3. The number of hydrogen-bond acceptors (Lipinski definition) is 4. The number of benzene rings is 3. The van der Waals surface area contributed by atoms with E-state index in [1.165, 1.54) is 11.8 Å². The molecule has 0 radical (unpaired) electrons. The molecule has 0 spiro atoms. The SMILES string of the molecule is CCOc1ccc(C(C)=O)cc1N1C(=O)[C@H]2C3c4ccccc4C(c4ccccc43)[C@@H]2C1=O. The van der Waals surface area contributed by atoms with Crippen LogP contribution in [0.25, 0.3) is 0 Å². The van der Waals surface area contributed by atoms with Crippen LogP contribution >= 0.6 is 0 Å². The van der Waals surface area contributed by atoms with Crippen molar-refractivity contribution in [3.05, 3.63) is 94.5 Å². The number of imide groups is 1. The molecule has 3 aromatic rings. The standard InChI is InChI=1S/C28H23NO4/c1-3-33-22-13-12-16(15(2)30)14-21(22)29-27(31)25-23-17-8-4-5-9-18(17)24(26(25)28(29)32)20-11-7-6-10-19(20)23/h4-14,23-26H,3H2,1-2H3/t23?,24?,25-,26-/m0/s1. The predicted octanol–water partition coefficient (Wildman–Crippen LogP) is 4.68. The molecule has 1 heterocycles. The highest BCUT2D eigenvalue weighted by atomic mass is 16.5. The zero-order valence-corrected chi connectivity index (χ0v) is 18.4. The lowest BCUT2D eigenvalue weighted by Crippen LogP contribution is -2.41. The largest absolute Gasteiger partial charge is 0.492 e. The van der Waals surface area contributed by atoms with Crippen molar-refractivity contribution >= 4 is 23.3 Å². The van der Waals surface area contributed by atoms with Crippen molar-refractivity contribution in [1.82, 2.24) is 0 Å². The van der Waals surface area contributed by atoms with Crippen molar-refractivity contribution in [3.8, 4) is 5.75 Å². The third kappa shape index (κ3) is 2.62. The molecule has 5 nitrogen and oxygen atoms in total. The maximum absolute atomic E-state index is 14.0. The van der Waals surface area contributed by atoms with Crippen LogP contribution in [-0.4, -0.2) is 24.2 Å². The minimum atomic E-state index is -0.470. The number of anilines is 1. The summed E-state index contributed by atoms with van der Waals surface area (Å²) in [5.41, 5.74) is 5.34. The average molecular weight is 437 g/mol. The molecule has 2 atom stereocenters. The molecule has 4 aliphatic rings. The number of carbonyl (C=O) groups is 3. The second-order valence-corrected chi connectivity index (χ2v) is 8.95. The van der Waals surface area contributed by atoms with E-state index in [0.717, 1.165) is 22.3 Å². The van der Waals surface area contributed by atoms with Gasteiger partial charge in [0.15, 0.2) is 5.78 Å². The number of hydrogen-bond donors (Lipinski definition) is 0. The lowest BCUT2D eigenvalue weighted by atomic mass is 9.55. The van der Waals surface area contributed by atoms with Gasteiger partial charge >= 0.3 is 0 Å². The first-order valence-corrected chi connectivity index (χ1v) is 11.4. The molecule has 2 amide bonds. The fourth-order valence-corrected chi connectivity index (χ4v) is 6.10. The molecule has 0 aromatic heterocycles.